The van der Waals surface area contributed by atoms with Gasteiger partial charge in [0.15, 0.2) is 0 Å². The maximum Gasteiger partial charge on any atom is 0.251 e. The van der Waals surface area contributed by atoms with E-state index in [4.69, 9.17) is 4.74 Å². The van der Waals surface area contributed by atoms with Crippen LogP contribution < -0.4 is 9.64 Å². The first-order chi connectivity index (χ1) is 23.7. The van der Waals surface area contributed by atoms with Gasteiger partial charge in [0.25, 0.3) is 5.91 Å². The lowest BCUT2D eigenvalue weighted by Crippen LogP contribution is -2.58. The molecule has 0 aliphatic carbocycles. The summed E-state index contributed by atoms with van der Waals surface area (Å²) in [6, 6.07) is 25.2. The molecule has 1 N–H and O–H groups in total. The van der Waals surface area contributed by atoms with Gasteiger partial charge < -0.3 is 24.5 Å². The molecule has 0 aromatic heterocycles. The molecule has 3 aromatic carbocycles. The standard InChI is InChI=1S/C40H45N3O5S/c1-5-23-41(26-29-15-11-8-12-16-29)36(45)33-34-37(46)43(31(27-44)25-28-13-9-7-10-14-28)35(40(34)22-21-39(33,3)49-40)38(47)42(24-6-2)30-17-19-32(48-4)20-18-30/h5-20,31,33-35,44H,1-2,21-27H2,3-4H3/t31-,33-,34+,35?,39+,40?/m1/s1. The number of rotatable bonds is 14. The second-order valence-corrected chi connectivity index (χ2v) is 15.3. The van der Waals surface area contributed by atoms with Crippen molar-refractivity contribution in [2.45, 2.75) is 54.3 Å². The highest BCUT2D eigenvalue weighted by atomic mass is 32.2. The van der Waals surface area contributed by atoms with Crippen LogP contribution in [-0.2, 0) is 27.3 Å². The van der Waals surface area contributed by atoms with E-state index in [2.05, 4.69) is 20.1 Å². The Balaban J connectivity index is 1.44. The van der Waals surface area contributed by atoms with Crippen LogP contribution in [0, 0.1) is 11.8 Å². The Labute approximate surface area is 293 Å². The monoisotopic (exact) mass is 679 g/mol. The maximum atomic E-state index is 15.2. The highest BCUT2D eigenvalue weighted by Crippen LogP contribution is 2.72. The molecule has 0 saturated carbocycles. The van der Waals surface area contributed by atoms with Crippen molar-refractivity contribution in [2.75, 3.05) is 31.7 Å². The number of likely N-dealkylation sites (tertiary alicyclic amines) is 1. The molecule has 256 valence electrons. The van der Waals surface area contributed by atoms with Crippen molar-refractivity contribution in [3.63, 3.8) is 0 Å². The molecule has 3 heterocycles. The molecule has 6 atom stereocenters. The predicted molar refractivity (Wildman–Crippen MR) is 194 cm³/mol. The Morgan fingerprint density at radius 1 is 0.959 bits per heavy atom. The summed E-state index contributed by atoms with van der Waals surface area (Å²) in [4.78, 5) is 50.1. The predicted octanol–water partition coefficient (Wildman–Crippen LogP) is 5.51. The summed E-state index contributed by atoms with van der Waals surface area (Å²) in [7, 11) is 1.59. The van der Waals surface area contributed by atoms with E-state index in [-0.39, 0.29) is 30.9 Å². The fourth-order valence-electron chi connectivity index (χ4n) is 8.30. The molecule has 2 unspecified atom stereocenters. The number of carbonyl (C=O) groups excluding carboxylic acids is 3. The molecule has 3 aliphatic heterocycles. The summed E-state index contributed by atoms with van der Waals surface area (Å²) < 4.78 is 3.97. The molecule has 6 rings (SSSR count). The second-order valence-electron chi connectivity index (χ2n) is 13.4. The van der Waals surface area contributed by atoms with Crippen LogP contribution in [0.5, 0.6) is 5.75 Å². The first kappa shape index (κ1) is 34.5. The third-order valence-corrected chi connectivity index (χ3v) is 12.5. The average Bonchev–Trinajstić information content (AvgIpc) is 3.70. The lowest BCUT2D eigenvalue weighted by molar-refractivity contribution is -0.146. The summed E-state index contributed by atoms with van der Waals surface area (Å²) in [5.41, 5.74) is 2.59. The number of aliphatic hydroxyl groups excluding tert-OH is 1. The molecular formula is C40H45N3O5S. The lowest BCUT2D eigenvalue weighted by atomic mass is 9.66. The minimum atomic E-state index is -0.903. The molecule has 1 spiro atoms. The number of benzene rings is 3. The van der Waals surface area contributed by atoms with Crippen LogP contribution in [0.1, 0.15) is 30.9 Å². The third kappa shape index (κ3) is 6.19. The van der Waals surface area contributed by atoms with Crippen LogP contribution in [0.3, 0.4) is 0 Å². The highest BCUT2D eigenvalue weighted by Gasteiger charge is 2.78. The van der Waals surface area contributed by atoms with Crippen LogP contribution in [0.15, 0.2) is 110 Å². The van der Waals surface area contributed by atoms with Crippen LogP contribution in [0.25, 0.3) is 0 Å². The Morgan fingerprint density at radius 3 is 2.18 bits per heavy atom. The zero-order valence-corrected chi connectivity index (χ0v) is 29.1. The second kappa shape index (κ2) is 14.3. The molecule has 8 nitrogen and oxygen atoms in total. The van der Waals surface area contributed by atoms with Gasteiger partial charge in [-0.2, -0.15) is 0 Å². The Hall–Kier alpha value is -4.34. The number of anilines is 1. The first-order valence-electron chi connectivity index (χ1n) is 16.9. The van der Waals surface area contributed by atoms with Gasteiger partial charge in [-0.05, 0) is 61.6 Å². The van der Waals surface area contributed by atoms with Gasteiger partial charge in [-0.3, -0.25) is 14.4 Å². The molecule has 3 saturated heterocycles. The molecule has 9 heteroatoms. The highest BCUT2D eigenvalue weighted by molar-refractivity contribution is 8.02. The number of amides is 3. The Morgan fingerprint density at radius 2 is 1.59 bits per heavy atom. The van der Waals surface area contributed by atoms with Crippen molar-refractivity contribution in [2.24, 2.45) is 11.8 Å². The number of hydrogen-bond donors (Lipinski definition) is 1. The minimum Gasteiger partial charge on any atom is -0.497 e. The van der Waals surface area contributed by atoms with Crippen molar-refractivity contribution in [3.8, 4) is 5.75 Å². The lowest BCUT2D eigenvalue weighted by Gasteiger charge is -2.39. The summed E-state index contributed by atoms with van der Waals surface area (Å²) >= 11 is 1.63. The molecule has 2 bridgehead atoms. The molecule has 3 aromatic rings. The van der Waals surface area contributed by atoms with Gasteiger partial charge in [0.1, 0.15) is 11.8 Å². The molecule has 49 heavy (non-hydrogen) atoms. The summed E-state index contributed by atoms with van der Waals surface area (Å²) in [6.07, 6.45) is 5.06. The fraction of sp³-hybridized carbons (Fsp3) is 0.375. The normalized spacial score (nSPS) is 25.8. The van der Waals surface area contributed by atoms with Gasteiger partial charge >= 0.3 is 0 Å². The van der Waals surface area contributed by atoms with Gasteiger partial charge in [0.2, 0.25) is 11.8 Å². The summed E-state index contributed by atoms with van der Waals surface area (Å²) in [5, 5.41) is 10.9. The number of hydrogen-bond acceptors (Lipinski definition) is 6. The van der Waals surface area contributed by atoms with Crippen molar-refractivity contribution in [1.82, 2.24) is 9.80 Å². The van der Waals surface area contributed by atoms with Gasteiger partial charge in [0, 0.05) is 30.1 Å². The number of carbonyl (C=O) groups is 3. The zero-order chi connectivity index (χ0) is 34.8. The number of thioether (sulfide) groups is 1. The number of nitrogens with zero attached hydrogens (tertiary/aromatic N) is 3. The fourth-order valence-corrected chi connectivity index (χ4v) is 10.6. The van der Waals surface area contributed by atoms with Crippen LogP contribution >= 0.6 is 11.8 Å². The number of ether oxygens (including phenoxy) is 1. The van der Waals surface area contributed by atoms with E-state index >= 15 is 9.59 Å². The van der Waals surface area contributed by atoms with E-state index in [0.717, 1.165) is 11.1 Å². The average molecular weight is 680 g/mol. The number of methoxy groups -OCH3 is 1. The Kier molecular flexibility index (Phi) is 10.0. The van der Waals surface area contributed by atoms with E-state index in [1.54, 1.807) is 57.9 Å². The first-order valence-corrected chi connectivity index (χ1v) is 17.7. The van der Waals surface area contributed by atoms with Gasteiger partial charge in [-0.1, -0.05) is 72.8 Å². The van der Waals surface area contributed by atoms with Gasteiger partial charge in [0.05, 0.1) is 36.3 Å². The van der Waals surface area contributed by atoms with Crippen molar-refractivity contribution < 1.29 is 24.2 Å². The number of fused-ring (bicyclic) bond motifs is 1. The van der Waals surface area contributed by atoms with Gasteiger partial charge in [-0.15, -0.1) is 24.9 Å². The van der Waals surface area contributed by atoms with E-state index in [1.807, 2.05) is 72.8 Å². The largest absolute Gasteiger partial charge is 0.497 e. The summed E-state index contributed by atoms with van der Waals surface area (Å²) in [5.74, 6) is -1.31. The van der Waals surface area contributed by atoms with E-state index in [1.165, 1.54) is 0 Å². The molecule has 3 aliphatic rings. The van der Waals surface area contributed by atoms with Crippen molar-refractivity contribution in [3.05, 3.63) is 121 Å². The molecular weight excluding hydrogens is 635 g/mol. The molecule has 0 radical (unpaired) electrons. The van der Waals surface area contributed by atoms with E-state index < -0.39 is 33.4 Å². The number of aliphatic hydroxyl groups is 1. The zero-order valence-electron chi connectivity index (χ0n) is 28.2. The third-order valence-electron chi connectivity index (χ3n) is 10.5. The van der Waals surface area contributed by atoms with Crippen molar-refractivity contribution in [1.29, 1.82) is 0 Å². The quantitative estimate of drug-likeness (QED) is 0.226. The minimum absolute atomic E-state index is 0.103. The Bertz CT molecular complexity index is 1680. The maximum absolute atomic E-state index is 15.2. The van der Waals surface area contributed by atoms with Crippen LogP contribution in [0.2, 0.25) is 0 Å². The SMILES string of the molecule is C=CCN(Cc1ccccc1)C(=O)[C@H]1[C@H]2C(=O)N([C@@H](CO)Cc3ccccc3)C(C(=O)N(CC=C)c3ccc(OC)cc3)C23CC[C@]1(C)S3. The van der Waals surface area contributed by atoms with Crippen molar-refractivity contribution >= 4 is 35.2 Å². The van der Waals surface area contributed by atoms with Crippen LogP contribution in [0.4, 0.5) is 5.69 Å². The topological polar surface area (TPSA) is 90.4 Å². The molecule has 3 amide bonds. The molecule has 3 fully saturated rings. The van der Waals surface area contributed by atoms with Gasteiger partial charge in [-0.25, -0.2) is 0 Å². The van der Waals surface area contributed by atoms with E-state index in [0.29, 0.717) is 43.8 Å². The van der Waals surface area contributed by atoms with E-state index in [9.17, 15) is 9.90 Å². The smallest absolute Gasteiger partial charge is 0.251 e. The van der Waals surface area contributed by atoms with Crippen LogP contribution in [-0.4, -0.2) is 81.0 Å². The summed E-state index contributed by atoms with van der Waals surface area (Å²) in [6.45, 7) is 10.6.